The van der Waals surface area contributed by atoms with Crippen molar-refractivity contribution in [3.05, 3.63) is 16.5 Å². The minimum atomic E-state index is -4.29. The predicted molar refractivity (Wildman–Crippen MR) is 74.3 cm³/mol. The monoisotopic (exact) mass is 309 g/mol. The van der Waals surface area contributed by atoms with Gasteiger partial charge in [-0.25, -0.2) is 9.97 Å². The third-order valence-corrected chi connectivity index (χ3v) is 3.19. The van der Waals surface area contributed by atoms with Crippen molar-refractivity contribution < 1.29 is 13.2 Å². The number of aromatic nitrogens is 2. The van der Waals surface area contributed by atoms with E-state index in [2.05, 4.69) is 9.97 Å². The normalized spacial score (nSPS) is 12.1. The number of hydrogen-bond acceptors (Lipinski definition) is 3. The Balaban J connectivity index is 3.24. The van der Waals surface area contributed by atoms with Crippen LogP contribution in [0.5, 0.6) is 0 Å². The lowest BCUT2D eigenvalue weighted by atomic mass is 10.2. The molecule has 0 bridgehead atoms. The molecule has 0 saturated carbocycles. The van der Waals surface area contributed by atoms with Crippen molar-refractivity contribution in [3.8, 4) is 0 Å². The molecule has 0 saturated heterocycles. The molecule has 1 heterocycles. The van der Waals surface area contributed by atoms with Crippen molar-refractivity contribution in [2.24, 2.45) is 0 Å². The first-order valence-corrected chi connectivity index (χ1v) is 6.90. The molecule has 1 aromatic rings. The molecule has 0 N–H and O–H groups in total. The third-order valence-electron chi connectivity index (χ3n) is 2.83. The molecule has 0 aliphatic heterocycles. The maximum atomic E-state index is 12.7. The van der Waals surface area contributed by atoms with Gasteiger partial charge in [0.05, 0.1) is 0 Å². The molecule has 0 unspecified atom stereocenters. The summed E-state index contributed by atoms with van der Waals surface area (Å²) in [7, 11) is 0. The van der Waals surface area contributed by atoms with E-state index in [1.807, 2.05) is 6.92 Å². The maximum absolute atomic E-state index is 12.7. The molecule has 0 aromatic carbocycles. The van der Waals surface area contributed by atoms with Gasteiger partial charge in [0.15, 0.2) is 0 Å². The number of alkyl halides is 3. The molecule has 0 radical (unpaired) electrons. The summed E-state index contributed by atoms with van der Waals surface area (Å²) in [6, 6.07) is -0.337. The van der Waals surface area contributed by atoms with E-state index in [-0.39, 0.29) is 17.0 Å². The molecular formula is C13H19ClF3N3. The molecular weight excluding hydrogens is 291 g/mol. The number of hydrogen-bond donors (Lipinski definition) is 0. The lowest BCUT2D eigenvalue weighted by Crippen LogP contribution is -2.40. The number of halogens is 4. The summed E-state index contributed by atoms with van der Waals surface area (Å²) in [6.07, 6.45) is -2.90. The van der Waals surface area contributed by atoms with Gasteiger partial charge in [0.1, 0.15) is 23.3 Å². The van der Waals surface area contributed by atoms with Crippen molar-refractivity contribution >= 4 is 17.4 Å². The molecule has 7 heteroatoms. The summed E-state index contributed by atoms with van der Waals surface area (Å²) in [4.78, 5) is 9.58. The highest BCUT2D eigenvalue weighted by Gasteiger charge is 2.33. The molecule has 0 aliphatic rings. The zero-order valence-electron chi connectivity index (χ0n) is 12.1. The third kappa shape index (κ3) is 4.51. The molecule has 0 amide bonds. The van der Waals surface area contributed by atoms with Crippen LogP contribution in [0.3, 0.4) is 0 Å². The second-order valence-electron chi connectivity index (χ2n) is 4.97. The Labute approximate surface area is 122 Å². The Bertz CT molecular complexity index is 461. The van der Waals surface area contributed by atoms with Crippen molar-refractivity contribution in [2.75, 3.05) is 11.4 Å². The van der Waals surface area contributed by atoms with Gasteiger partial charge in [-0.2, -0.15) is 13.2 Å². The number of anilines is 1. The van der Waals surface area contributed by atoms with Gasteiger partial charge in [-0.1, -0.05) is 18.5 Å². The van der Waals surface area contributed by atoms with Gasteiger partial charge >= 0.3 is 6.18 Å². The van der Waals surface area contributed by atoms with E-state index in [0.29, 0.717) is 17.8 Å². The van der Waals surface area contributed by atoms with Crippen molar-refractivity contribution in [3.63, 3.8) is 0 Å². The van der Waals surface area contributed by atoms with Gasteiger partial charge in [-0.05, 0) is 27.2 Å². The minimum Gasteiger partial charge on any atom is -0.345 e. The SMILES string of the molecule is CCCc1nc(Cl)c(C)c(N(CC(F)(F)F)C(C)C)n1. The van der Waals surface area contributed by atoms with E-state index in [1.165, 1.54) is 4.90 Å². The molecule has 1 rings (SSSR count). The van der Waals surface area contributed by atoms with Crippen LogP contribution in [0.2, 0.25) is 5.15 Å². The molecule has 114 valence electrons. The fourth-order valence-electron chi connectivity index (χ4n) is 1.83. The van der Waals surface area contributed by atoms with Crippen LogP contribution in [0.4, 0.5) is 19.0 Å². The average molecular weight is 310 g/mol. The molecule has 0 spiro atoms. The Morgan fingerprint density at radius 1 is 1.25 bits per heavy atom. The Morgan fingerprint density at radius 3 is 2.30 bits per heavy atom. The summed E-state index contributed by atoms with van der Waals surface area (Å²) in [6.45, 7) is 5.93. The van der Waals surface area contributed by atoms with Gasteiger partial charge in [0.2, 0.25) is 0 Å². The Hall–Kier alpha value is -1.04. The molecule has 1 aromatic heterocycles. The van der Waals surface area contributed by atoms with E-state index in [0.717, 1.165) is 6.42 Å². The Kier molecular flexibility index (Phi) is 5.62. The van der Waals surface area contributed by atoms with Crippen LogP contribution in [0.15, 0.2) is 0 Å². The summed E-state index contributed by atoms with van der Waals surface area (Å²) in [5, 5.41) is 0.214. The topological polar surface area (TPSA) is 29.0 Å². The fourth-order valence-corrected chi connectivity index (χ4v) is 2.01. The van der Waals surface area contributed by atoms with Gasteiger partial charge in [0.25, 0.3) is 0 Å². The summed E-state index contributed by atoms with van der Waals surface area (Å²) in [5.41, 5.74) is 0.476. The van der Waals surface area contributed by atoms with E-state index in [1.54, 1.807) is 20.8 Å². The second kappa shape index (κ2) is 6.61. The predicted octanol–water partition coefficient (Wildman–Crippen LogP) is 4.17. The summed E-state index contributed by atoms with van der Waals surface area (Å²) >= 11 is 6.02. The van der Waals surface area contributed by atoms with Gasteiger partial charge in [-0.3, -0.25) is 0 Å². The lowest BCUT2D eigenvalue weighted by molar-refractivity contribution is -0.120. The molecule has 0 atom stereocenters. The van der Waals surface area contributed by atoms with Crippen molar-refractivity contribution in [2.45, 2.75) is 52.8 Å². The standard InChI is InChI=1S/C13H19ClF3N3/c1-5-6-10-18-11(14)9(4)12(19-10)20(8(2)3)7-13(15,16)17/h8H,5-7H2,1-4H3. The van der Waals surface area contributed by atoms with Gasteiger partial charge < -0.3 is 4.90 Å². The number of aryl methyl sites for hydroxylation is 1. The lowest BCUT2D eigenvalue weighted by Gasteiger charge is -2.30. The zero-order valence-corrected chi connectivity index (χ0v) is 12.8. The minimum absolute atomic E-state index is 0.214. The smallest absolute Gasteiger partial charge is 0.345 e. The number of nitrogens with zero attached hydrogens (tertiary/aromatic N) is 3. The van der Waals surface area contributed by atoms with Crippen molar-refractivity contribution in [1.29, 1.82) is 0 Å². The number of rotatable bonds is 5. The quantitative estimate of drug-likeness (QED) is 0.764. The van der Waals surface area contributed by atoms with Crippen LogP contribution >= 0.6 is 11.6 Å². The van der Waals surface area contributed by atoms with Crippen LogP contribution in [0.25, 0.3) is 0 Å². The highest BCUT2D eigenvalue weighted by molar-refractivity contribution is 6.30. The molecule has 3 nitrogen and oxygen atoms in total. The van der Waals surface area contributed by atoms with Crippen LogP contribution in [0, 0.1) is 6.92 Å². The summed E-state index contributed by atoms with van der Waals surface area (Å²) in [5.74, 6) is 0.742. The fraction of sp³-hybridized carbons (Fsp3) is 0.692. The van der Waals surface area contributed by atoms with Crippen LogP contribution in [-0.2, 0) is 6.42 Å². The molecule has 20 heavy (non-hydrogen) atoms. The summed E-state index contributed by atoms with van der Waals surface area (Å²) < 4.78 is 38.1. The van der Waals surface area contributed by atoms with Gasteiger partial charge in [-0.15, -0.1) is 0 Å². The van der Waals surface area contributed by atoms with Crippen LogP contribution < -0.4 is 4.90 Å². The first-order chi connectivity index (χ1) is 9.15. The van der Waals surface area contributed by atoms with E-state index < -0.39 is 12.7 Å². The van der Waals surface area contributed by atoms with Crippen LogP contribution in [-0.4, -0.2) is 28.7 Å². The van der Waals surface area contributed by atoms with Crippen LogP contribution in [0.1, 0.15) is 38.6 Å². The maximum Gasteiger partial charge on any atom is 0.405 e. The average Bonchev–Trinajstić information content (AvgIpc) is 2.30. The van der Waals surface area contributed by atoms with E-state index >= 15 is 0 Å². The van der Waals surface area contributed by atoms with E-state index in [4.69, 9.17) is 11.6 Å². The highest BCUT2D eigenvalue weighted by Crippen LogP contribution is 2.28. The zero-order chi connectivity index (χ0) is 15.5. The molecule has 0 fully saturated rings. The largest absolute Gasteiger partial charge is 0.405 e. The molecule has 0 aliphatic carbocycles. The second-order valence-corrected chi connectivity index (χ2v) is 5.32. The van der Waals surface area contributed by atoms with E-state index in [9.17, 15) is 13.2 Å². The van der Waals surface area contributed by atoms with Gasteiger partial charge in [0, 0.05) is 18.0 Å². The highest BCUT2D eigenvalue weighted by atomic mass is 35.5. The first kappa shape index (κ1) is 17.0. The first-order valence-electron chi connectivity index (χ1n) is 6.52. The Morgan fingerprint density at radius 2 is 1.85 bits per heavy atom. The van der Waals surface area contributed by atoms with Crippen molar-refractivity contribution in [1.82, 2.24) is 9.97 Å².